The summed E-state index contributed by atoms with van der Waals surface area (Å²) in [5, 5.41) is 12.9. The smallest absolute Gasteiger partial charge is 0.251 e. The molecule has 2 aromatic rings. The van der Waals surface area contributed by atoms with Gasteiger partial charge in [0, 0.05) is 36.8 Å². The van der Waals surface area contributed by atoms with E-state index in [0.29, 0.717) is 23.2 Å². The molecule has 0 radical (unpaired) electrons. The number of hydrogen-bond donors (Lipinski definition) is 2. The van der Waals surface area contributed by atoms with Crippen molar-refractivity contribution >= 4 is 5.91 Å². The zero-order valence-electron chi connectivity index (χ0n) is 15.5. The molecule has 1 aliphatic rings. The van der Waals surface area contributed by atoms with Crippen molar-refractivity contribution in [2.24, 2.45) is 0 Å². The van der Waals surface area contributed by atoms with Gasteiger partial charge in [-0.2, -0.15) is 0 Å². The molecule has 5 nitrogen and oxygen atoms in total. The molecule has 1 atom stereocenters. The minimum Gasteiger partial charge on any atom is -0.504 e. The molecule has 1 amide bonds. The Kier molecular flexibility index (Phi) is 6.42. The van der Waals surface area contributed by atoms with Gasteiger partial charge in [0.15, 0.2) is 11.6 Å². The molecule has 2 aromatic carbocycles. The van der Waals surface area contributed by atoms with Gasteiger partial charge in [-0.25, -0.2) is 4.39 Å². The maximum Gasteiger partial charge on any atom is 0.251 e. The third kappa shape index (κ3) is 4.64. The summed E-state index contributed by atoms with van der Waals surface area (Å²) in [5.74, 6) is -1.27. The third-order valence-corrected chi connectivity index (χ3v) is 4.95. The van der Waals surface area contributed by atoms with E-state index in [1.807, 2.05) is 0 Å². The molecular weight excluding hydrogens is 347 g/mol. The van der Waals surface area contributed by atoms with Crippen molar-refractivity contribution in [3.63, 3.8) is 0 Å². The van der Waals surface area contributed by atoms with E-state index < -0.39 is 11.6 Å². The first-order valence-corrected chi connectivity index (χ1v) is 9.28. The lowest BCUT2D eigenvalue weighted by atomic mass is 10.0. The topological polar surface area (TPSA) is 61.8 Å². The number of para-hydroxylation sites is 1. The molecule has 144 valence electrons. The lowest BCUT2D eigenvalue weighted by Gasteiger charge is -2.34. The highest BCUT2D eigenvalue weighted by atomic mass is 19.1. The SMILES string of the molecule is CC[C@@H](CNC(=O)c1cccc(-c2cccc(F)c2O)c1)N1CCOCC1. The van der Waals surface area contributed by atoms with Crippen LogP contribution in [0.4, 0.5) is 4.39 Å². The zero-order chi connectivity index (χ0) is 19.2. The molecule has 0 aromatic heterocycles. The van der Waals surface area contributed by atoms with Crippen molar-refractivity contribution in [3.8, 4) is 16.9 Å². The highest BCUT2D eigenvalue weighted by Crippen LogP contribution is 2.31. The van der Waals surface area contributed by atoms with Gasteiger partial charge in [0.05, 0.1) is 13.2 Å². The average molecular weight is 372 g/mol. The summed E-state index contributed by atoms with van der Waals surface area (Å²) in [5.41, 5.74) is 1.44. The van der Waals surface area contributed by atoms with Crippen LogP contribution in [0.25, 0.3) is 11.1 Å². The highest BCUT2D eigenvalue weighted by Gasteiger charge is 2.20. The molecule has 2 N–H and O–H groups in total. The van der Waals surface area contributed by atoms with Crippen molar-refractivity contribution < 1.29 is 19.0 Å². The van der Waals surface area contributed by atoms with Crippen LogP contribution in [-0.2, 0) is 4.74 Å². The van der Waals surface area contributed by atoms with Gasteiger partial charge in [-0.1, -0.05) is 31.2 Å². The maximum atomic E-state index is 13.6. The number of nitrogens with zero attached hydrogens (tertiary/aromatic N) is 1. The number of hydrogen-bond acceptors (Lipinski definition) is 4. The first-order valence-electron chi connectivity index (χ1n) is 9.28. The van der Waals surface area contributed by atoms with Crippen molar-refractivity contribution in [2.45, 2.75) is 19.4 Å². The number of amides is 1. The predicted molar refractivity (Wildman–Crippen MR) is 102 cm³/mol. The summed E-state index contributed by atoms with van der Waals surface area (Å²) in [6.07, 6.45) is 0.942. The van der Waals surface area contributed by atoms with Crippen molar-refractivity contribution in [3.05, 3.63) is 53.8 Å². The normalized spacial score (nSPS) is 16.1. The van der Waals surface area contributed by atoms with E-state index >= 15 is 0 Å². The fourth-order valence-electron chi connectivity index (χ4n) is 3.36. The molecule has 0 bridgehead atoms. The van der Waals surface area contributed by atoms with E-state index in [0.717, 1.165) is 32.7 Å². The van der Waals surface area contributed by atoms with Gasteiger partial charge in [0.25, 0.3) is 5.91 Å². The first kappa shape index (κ1) is 19.3. The van der Waals surface area contributed by atoms with Crippen LogP contribution in [0.5, 0.6) is 5.75 Å². The number of halogens is 1. The maximum absolute atomic E-state index is 13.6. The number of phenolic OH excluding ortho intramolecular Hbond substituents is 1. The Morgan fingerprint density at radius 2 is 2.00 bits per heavy atom. The van der Waals surface area contributed by atoms with Gasteiger partial charge >= 0.3 is 0 Å². The Bertz CT molecular complexity index is 791. The predicted octanol–water partition coefficient (Wildman–Crippen LogP) is 3.04. The molecule has 1 fully saturated rings. The number of nitrogens with one attached hydrogen (secondary N) is 1. The minimum atomic E-state index is -0.682. The van der Waals surface area contributed by atoms with E-state index in [-0.39, 0.29) is 11.9 Å². The van der Waals surface area contributed by atoms with Gasteiger partial charge in [-0.3, -0.25) is 9.69 Å². The Morgan fingerprint density at radius 1 is 1.26 bits per heavy atom. The lowest BCUT2D eigenvalue weighted by Crippen LogP contribution is -2.48. The van der Waals surface area contributed by atoms with Gasteiger partial charge < -0.3 is 15.2 Å². The fourth-order valence-corrected chi connectivity index (χ4v) is 3.36. The number of carbonyl (C=O) groups is 1. The first-order chi connectivity index (χ1) is 13.1. The molecule has 27 heavy (non-hydrogen) atoms. The highest BCUT2D eigenvalue weighted by molar-refractivity contribution is 5.95. The minimum absolute atomic E-state index is 0.181. The standard InChI is InChI=1S/C21H25FN2O3/c1-2-17(24-9-11-27-12-10-24)14-23-21(26)16-6-3-5-15(13-16)18-7-4-8-19(22)20(18)25/h3-8,13,17,25H,2,9-12,14H2,1H3,(H,23,26)/t17-/m0/s1. The van der Waals surface area contributed by atoms with Crippen molar-refractivity contribution in [1.29, 1.82) is 0 Å². The van der Waals surface area contributed by atoms with Gasteiger partial charge in [0.2, 0.25) is 0 Å². The van der Waals surface area contributed by atoms with Crippen LogP contribution in [0.1, 0.15) is 23.7 Å². The van der Waals surface area contributed by atoms with E-state index in [1.165, 1.54) is 12.1 Å². The number of carbonyl (C=O) groups excluding carboxylic acids is 1. The number of morpholine rings is 1. The molecule has 0 unspecified atom stereocenters. The monoisotopic (exact) mass is 372 g/mol. The molecule has 1 heterocycles. The Labute approximate surface area is 158 Å². The lowest BCUT2D eigenvalue weighted by molar-refractivity contribution is 0.0159. The summed E-state index contributed by atoms with van der Waals surface area (Å²) in [4.78, 5) is 14.9. The number of benzene rings is 2. The Balaban J connectivity index is 1.69. The quantitative estimate of drug-likeness (QED) is 0.818. The van der Waals surface area contributed by atoms with E-state index in [2.05, 4.69) is 17.1 Å². The summed E-state index contributed by atoms with van der Waals surface area (Å²) >= 11 is 0. The molecule has 1 saturated heterocycles. The molecule has 0 saturated carbocycles. The van der Waals surface area contributed by atoms with Crippen LogP contribution in [-0.4, -0.2) is 54.8 Å². The number of phenols is 1. The second kappa shape index (κ2) is 8.97. The number of rotatable bonds is 6. The largest absolute Gasteiger partial charge is 0.504 e. The Morgan fingerprint density at radius 3 is 2.74 bits per heavy atom. The Hall–Kier alpha value is -2.44. The second-order valence-electron chi connectivity index (χ2n) is 6.64. The number of ether oxygens (including phenoxy) is 1. The van der Waals surface area contributed by atoms with Gasteiger partial charge in [-0.05, 0) is 30.2 Å². The second-order valence-corrected chi connectivity index (χ2v) is 6.64. The van der Waals surface area contributed by atoms with E-state index in [9.17, 15) is 14.3 Å². The molecule has 6 heteroatoms. The van der Waals surface area contributed by atoms with Gasteiger partial charge in [0.1, 0.15) is 0 Å². The van der Waals surface area contributed by atoms with Crippen LogP contribution in [0, 0.1) is 5.82 Å². The number of aromatic hydroxyl groups is 1. The zero-order valence-corrected chi connectivity index (χ0v) is 15.5. The average Bonchev–Trinajstić information content (AvgIpc) is 2.71. The summed E-state index contributed by atoms with van der Waals surface area (Å²) < 4.78 is 19.0. The van der Waals surface area contributed by atoms with Gasteiger partial charge in [-0.15, -0.1) is 0 Å². The van der Waals surface area contributed by atoms with Crippen LogP contribution in [0.3, 0.4) is 0 Å². The van der Waals surface area contributed by atoms with Crippen LogP contribution in [0.2, 0.25) is 0 Å². The van der Waals surface area contributed by atoms with Crippen molar-refractivity contribution in [1.82, 2.24) is 10.2 Å². The fraction of sp³-hybridized carbons (Fsp3) is 0.381. The molecular formula is C21H25FN2O3. The molecule has 0 spiro atoms. The van der Waals surface area contributed by atoms with E-state index in [1.54, 1.807) is 30.3 Å². The summed E-state index contributed by atoms with van der Waals surface area (Å²) in [6, 6.07) is 11.5. The summed E-state index contributed by atoms with van der Waals surface area (Å²) in [6.45, 7) is 5.88. The van der Waals surface area contributed by atoms with Crippen LogP contribution >= 0.6 is 0 Å². The van der Waals surface area contributed by atoms with Crippen LogP contribution < -0.4 is 5.32 Å². The van der Waals surface area contributed by atoms with E-state index in [4.69, 9.17) is 4.74 Å². The van der Waals surface area contributed by atoms with Crippen molar-refractivity contribution in [2.75, 3.05) is 32.8 Å². The van der Waals surface area contributed by atoms with Crippen LogP contribution in [0.15, 0.2) is 42.5 Å². The third-order valence-electron chi connectivity index (χ3n) is 4.95. The molecule has 0 aliphatic carbocycles. The molecule has 1 aliphatic heterocycles. The molecule has 3 rings (SSSR count). The summed E-state index contributed by atoms with van der Waals surface area (Å²) in [7, 11) is 0.